The van der Waals surface area contributed by atoms with Gasteiger partial charge < -0.3 is 24.0 Å². The van der Waals surface area contributed by atoms with Gasteiger partial charge in [0.25, 0.3) is 0 Å². The Hall–Kier alpha value is -2.77. The van der Waals surface area contributed by atoms with E-state index >= 15 is 0 Å². The lowest BCUT2D eigenvalue weighted by molar-refractivity contribution is -0.153. The molecule has 8 nitrogen and oxygen atoms in total. The molecule has 182 valence electrons. The molecular weight excluding hydrogens is 424 g/mol. The molecule has 2 heterocycles. The third kappa shape index (κ3) is 6.85. The van der Waals surface area contributed by atoms with Gasteiger partial charge in [0.15, 0.2) is 0 Å². The molecule has 3 rings (SSSR count). The standard InChI is InChI=1S/C25H36N2O6/c1-5-31-22(28)21-16-27(23(29)32-17-18-9-7-6-8-10-18)15-19-11-13-26(14-12-20(19)21)24(30)33-25(2,3)4/h6-10,19-21H,5,11-17H2,1-4H3/t19-,20-,21-/m1/s1. The van der Waals surface area contributed by atoms with Crippen LogP contribution in [0.4, 0.5) is 9.59 Å². The van der Waals surface area contributed by atoms with Crippen molar-refractivity contribution in [3.8, 4) is 0 Å². The van der Waals surface area contributed by atoms with Crippen LogP contribution in [0.3, 0.4) is 0 Å². The van der Waals surface area contributed by atoms with Crippen molar-refractivity contribution < 1.29 is 28.6 Å². The summed E-state index contributed by atoms with van der Waals surface area (Å²) in [6.07, 6.45) is 0.579. The Morgan fingerprint density at radius 3 is 2.30 bits per heavy atom. The van der Waals surface area contributed by atoms with Crippen LogP contribution in [-0.2, 0) is 25.6 Å². The highest BCUT2D eigenvalue weighted by molar-refractivity contribution is 5.75. The zero-order valence-corrected chi connectivity index (χ0v) is 20.1. The van der Waals surface area contributed by atoms with Gasteiger partial charge in [-0.1, -0.05) is 30.3 Å². The first-order valence-electron chi connectivity index (χ1n) is 11.8. The normalized spacial score (nSPS) is 23.2. The first-order chi connectivity index (χ1) is 15.7. The summed E-state index contributed by atoms with van der Waals surface area (Å²) >= 11 is 0. The minimum Gasteiger partial charge on any atom is -0.466 e. The average Bonchev–Trinajstić information content (AvgIpc) is 2.99. The van der Waals surface area contributed by atoms with Crippen molar-refractivity contribution in [2.24, 2.45) is 17.8 Å². The van der Waals surface area contributed by atoms with Gasteiger partial charge in [-0.3, -0.25) is 4.79 Å². The Kier molecular flexibility index (Phi) is 8.21. The number of carbonyl (C=O) groups is 3. The smallest absolute Gasteiger partial charge is 0.410 e. The van der Waals surface area contributed by atoms with Gasteiger partial charge >= 0.3 is 18.2 Å². The average molecular weight is 461 g/mol. The van der Waals surface area contributed by atoms with Gasteiger partial charge in [0.05, 0.1) is 12.5 Å². The number of benzene rings is 1. The molecule has 2 saturated heterocycles. The molecule has 1 aromatic carbocycles. The van der Waals surface area contributed by atoms with Crippen LogP contribution in [0.5, 0.6) is 0 Å². The molecule has 0 unspecified atom stereocenters. The lowest BCUT2D eigenvalue weighted by Crippen LogP contribution is -2.51. The number of ether oxygens (including phenoxy) is 3. The molecule has 33 heavy (non-hydrogen) atoms. The fourth-order valence-electron chi connectivity index (χ4n) is 4.64. The summed E-state index contributed by atoms with van der Waals surface area (Å²) in [7, 11) is 0. The second-order valence-electron chi connectivity index (χ2n) is 9.77. The molecule has 0 spiro atoms. The quantitative estimate of drug-likeness (QED) is 0.497. The summed E-state index contributed by atoms with van der Waals surface area (Å²) in [6, 6.07) is 9.50. The van der Waals surface area contributed by atoms with Gasteiger partial charge in [-0.25, -0.2) is 9.59 Å². The summed E-state index contributed by atoms with van der Waals surface area (Å²) in [5, 5.41) is 0. The van der Waals surface area contributed by atoms with Crippen LogP contribution in [0.25, 0.3) is 0 Å². The van der Waals surface area contributed by atoms with Crippen molar-refractivity contribution >= 4 is 18.2 Å². The van der Waals surface area contributed by atoms with E-state index in [0.29, 0.717) is 32.5 Å². The Morgan fingerprint density at radius 1 is 0.939 bits per heavy atom. The highest BCUT2D eigenvalue weighted by Gasteiger charge is 2.44. The lowest BCUT2D eigenvalue weighted by atomic mass is 9.75. The van der Waals surface area contributed by atoms with Crippen LogP contribution in [-0.4, -0.2) is 66.3 Å². The van der Waals surface area contributed by atoms with Crippen LogP contribution in [0.2, 0.25) is 0 Å². The first kappa shape index (κ1) is 24.9. The maximum atomic E-state index is 12.9. The number of hydrogen-bond acceptors (Lipinski definition) is 6. The highest BCUT2D eigenvalue weighted by atomic mass is 16.6. The monoisotopic (exact) mass is 460 g/mol. The summed E-state index contributed by atoms with van der Waals surface area (Å²) < 4.78 is 16.4. The van der Waals surface area contributed by atoms with Crippen LogP contribution in [0, 0.1) is 17.8 Å². The fourth-order valence-corrected chi connectivity index (χ4v) is 4.64. The summed E-state index contributed by atoms with van der Waals surface area (Å²) in [5.41, 5.74) is 0.341. The Balaban J connectivity index is 1.69. The number of hydrogen-bond donors (Lipinski definition) is 0. The largest absolute Gasteiger partial charge is 0.466 e. The number of piperidine rings is 1. The van der Waals surface area contributed by atoms with Crippen LogP contribution < -0.4 is 0 Å². The molecule has 0 bridgehead atoms. The van der Waals surface area contributed by atoms with E-state index in [1.165, 1.54) is 0 Å². The van der Waals surface area contributed by atoms with E-state index in [1.807, 2.05) is 51.1 Å². The Bertz CT molecular complexity index is 822. The Morgan fingerprint density at radius 2 is 1.64 bits per heavy atom. The van der Waals surface area contributed by atoms with Gasteiger partial charge in [0.2, 0.25) is 0 Å². The third-order valence-electron chi connectivity index (χ3n) is 6.20. The molecule has 0 saturated carbocycles. The predicted molar refractivity (Wildman–Crippen MR) is 122 cm³/mol. The van der Waals surface area contributed by atoms with E-state index in [2.05, 4.69) is 0 Å². The van der Waals surface area contributed by atoms with Gasteiger partial charge in [0, 0.05) is 26.2 Å². The summed E-state index contributed by atoms with van der Waals surface area (Å²) in [4.78, 5) is 41.6. The SMILES string of the molecule is CCOC(=O)[C@@H]1CN(C(=O)OCc2ccccc2)C[C@H]2CCN(C(=O)OC(C)(C)C)CC[C@H]21. The van der Waals surface area contributed by atoms with Crippen LogP contribution in [0.15, 0.2) is 30.3 Å². The minimum absolute atomic E-state index is 0.0367. The number of amides is 2. The molecule has 2 aliphatic heterocycles. The second-order valence-corrected chi connectivity index (χ2v) is 9.77. The van der Waals surface area contributed by atoms with Crippen molar-refractivity contribution in [2.75, 3.05) is 32.8 Å². The minimum atomic E-state index is -0.567. The number of fused-ring (bicyclic) bond motifs is 1. The van der Waals surface area contributed by atoms with E-state index in [4.69, 9.17) is 14.2 Å². The third-order valence-corrected chi connectivity index (χ3v) is 6.20. The van der Waals surface area contributed by atoms with E-state index in [0.717, 1.165) is 5.56 Å². The van der Waals surface area contributed by atoms with Crippen LogP contribution in [0.1, 0.15) is 46.1 Å². The first-order valence-corrected chi connectivity index (χ1v) is 11.8. The number of likely N-dealkylation sites (tertiary alicyclic amines) is 2. The summed E-state index contributed by atoms with van der Waals surface area (Å²) in [5.74, 6) is -0.620. The van der Waals surface area contributed by atoms with E-state index in [1.54, 1.807) is 16.7 Å². The van der Waals surface area contributed by atoms with Crippen molar-refractivity contribution in [1.29, 1.82) is 0 Å². The predicted octanol–water partition coefficient (Wildman–Crippen LogP) is 4.08. The molecule has 0 aliphatic carbocycles. The van der Waals surface area contributed by atoms with Gasteiger partial charge in [-0.05, 0) is 57.9 Å². The van der Waals surface area contributed by atoms with Crippen LogP contribution >= 0.6 is 0 Å². The number of rotatable bonds is 4. The van der Waals surface area contributed by atoms with E-state index in [9.17, 15) is 14.4 Å². The highest BCUT2D eigenvalue weighted by Crippen LogP contribution is 2.37. The zero-order valence-electron chi connectivity index (χ0n) is 20.1. The molecule has 0 aromatic heterocycles. The molecule has 2 amide bonds. The van der Waals surface area contributed by atoms with Crippen molar-refractivity contribution in [3.63, 3.8) is 0 Å². The van der Waals surface area contributed by atoms with Gasteiger partial charge in [-0.2, -0.15) is 0 Å². The van der Waals surface area contributed by atoms with Crippen molar-refractivity contribution in [3.05, 3.63) is 35.9 Å². The molecular formula is C25H36N2O6. The van der Waals surface area contributed by atoms with Gasteiger partial charge in [-0.15, -0.1) is 0 Å². The number of carbonyl (C=O) groups excluding carboxylic acids is 3. The maximum Gasteiger partial charge on any atom is 0.410 e. The van der Waals surface area contributed by atoms with Crippen molar-refractivity contribution in [1.82, 2.24) is 9.80 Å². The molecule has 3 atom stereocenters. The van der Waals surface area contributed by atoms with Gasteiger partial charge in [0.1, 0.15) is 12.2 Å². The Labute approximate surface area is 196 Å². The van der Waals surface area contributed by atoms with E-state index < -0.39 is 17.6 Å². The number of esters is 1. The molecule has 8 heteroatoms. The maximum absolute atomic E-state index is 12.9. The lowest BCUT2D eigenvalue weighted by Gasteiger charge is -2.41. The number of nitrogens with zero attached hydrogens (tertiary/aromatic N) is 2. The molecule has 1 aromatic rings. The van der Waals surface area contributed by atoms with Crippen molar-refractivity contribution in [2.45, 2.75) is 52.7 Å². The fraction of sp³-hybridized carbons (Fsp3) is 0.640. The molecule has 2 fully saturated rings. The van der Waals surface area contributed by atoms with E-state index in [-0.39, 0.29) is 43.7 Å². The topological polar surface area (TPSA) is 85.4 Å². The zero-order chi connectivity index (χ0) is 24.0. The molecule has 2 aliphatic rings. The summed E-state index contributed by atoms with van der Waals surface area (Å²) in [6.45, 7) is 9.59. The molecule has 0 N–H and O–H groups in total. The molecule has 0 radical (unpaired) electrons. The second kappa shape index (κ2) is 10.9.